The van der Waals surface area contributed by atoms with Gasteiger partial charge in [-0.1, -0.05) is 53.4 Å². The van der Waals surface area contributed by atoms with Crippen LogP contribution in [0.25, 0.3) is 0 Å². The van der Waals surface area contributed by atoms with E-state index in [4.69, 9.17) is 22.3 Å². The standard InChI is InChI=1S/C10H13O4.2C8H19OP.O.Ti/c1-11-7-5-6-8(12-2)10(14-4)9(7)13-3;2*1-3-5-7-10(9)8-6-4-2;;/h5H,1-4H3;2*9H,3-8H2,1-2H3;;/q-1;;;;+1. The van der Waals surface area contributed by atoms with Crippen LogP contribution in [0.2, 0.25) is 0 Å². The average Bonchev–Trinajstić information content (AvgIpc) is 2.93. The molecule has 0 spiro atoms. The summed E-state index contributed by atoms with van der Waals surface area (Å²) in [7, 11) is 4.99. The van der Waals surface area contributed by atoms with Crippen LogP contribution in [0.5, 0.6) is 23.0 Å². The molecule has 0 bridgehead atoms. The third kappa shape index (κ3) is 21.8. The zero-order chi connectivity index (χ0) is 28.2. The maximum atomic E-state index is 9.38. The van der Waals surface area contributed by atoms with Crippen LogP contribution in [0.15, 0.2) is 6.07 Å². The molecule has 1 rings (SSSR count). The summed E-state index contributed by atoms with van der Waals surface area (Å²) in [6.07, 6.45) is 13.9. The first-order chi connectivity index (χ1) is 17.4. The van der Waals surface area contributed by atoms with Gasteiger partial charge in [0, 0.05) is 16.3 Å². The number of methoxy groups -OCH3 is 4. The molecule has 1 aromatic rings. The minimum absolute atomic E-state index is 0.481. The normalized spacial score (nSPS) is 9.83. The van der Waals surface area contributed by atoms with E-state index in [0.29, 0.717) is 23.0 Å². The van der Waals surface area contributed by atoms with Crippen LogP contribution >= 0.6 is 16.3 Å². The first-order valence-corrected chi connectivity index (χ1v) is 16.7. The van der Waals surface area contributed by atoms with E-state index >= 15 is 0 Å². The quantitative estimate of drug-likeness (QED) is 0.119. The molecule has 0 aromatic heterocycles. The molecule has 1 aromatic carbocycles. The molecule has 0 unspecified atom stereocenters. The Hall–Kier alpha value is -0.286. The van der Waals surface area contributed by atoms with Gasteiger partial charge >= 0.3 is 23.7 Å². The van der Waals surface area contributed by atoms with E-state index in [9.17, 15) is 9.79 Å². The second-order valence-electron chi connectivity index (χ2n) is 7.78. The summed E-state index contributed by atoms with van der Waals surface area (Å²) >= 11 is 0.750. The maximum absolute atomic E-state index is 9.38. The van der Waals surface area contributed by atoms with Gasteiger partial charge in [-0.2, -0.15) is 0 Å². The predicted molar refractivity (Wildman–Crippen MR) is 150 cm³/mol. The van der Waals surface area contributed by atoms with Crippen molar-refractivity contribution < 1.29 is 52.5 Å². The molecule has 36 heavy (non-hydrogen) atoms. The van der Waals surface area contributed by atoms with Crippen molar-refractivity contribution in [1.29, 1.82) is 0 Å². The Labute approximate surface area is 235 Å². The molecule has 7 nitrogen and oxygen atoms in total. The molecule has 0 fully saturated rings. The Morgan fingerprint density at radius 3 is 1.28 bits per heavy atom. The summed E-state index contributed by atoms with van der Waals surface area (Å²) in [6.45, 7) is 8.68. The first kappa shape index (κ1) is 40.2. The van der Waals surface area contributed by atoms with Crippen LogP contribution in [-0.2, 0) is 23.7 Å². The SMILES string of the molecule is CCCCP(O)CCCC.CCCCP(O)CCCC.COc1[c-]cc(OC)c(OC)c1OC.[O]=[Ti+]. The molecule has 0 aliphatic rings. The van der Waals surface area contributed by atoms with Gasteiger partial charge in [0.2, 0.25) is 0 Å². The molecule has 0 amide bonds. The third-order valence-corrected chi connectivity index (χ3v) is 8.21. The zero-order valence-corrected chi connectivity index (χ0v) is 27.2. The summed E-state index contributed by atoms with van der Waals surface area (Å²) < 4.78 is 28.7. The van der Waals surface area contributed by atoms with Crippen molar-refractivity contribution in [2.45, 2.75) is 79.1 Å². The van der Waals surface area contributed by atoms with E-state index in [1.807, 2.05) is 0 Å². The Balaban J connectivity index is -0.000000448. The van der Waals surface area contributed by atoms with Gasteiger partial charge in [-0.05, 0) is 50.3 Å². The molecule has 0 radical (unpaired) electrons. The average molecular weight is 586 g/mol. The first-order valence-electron chi connectivity index (χ1n) is 12.7. The third-order valence-electron chi connectivity index (χ3n) is 4.88. The van der Waals surface area contributed by atoms with Crippen molar-refractivity contribution in [2.75, 3.05) is 53.1 Å². The minimum atomic E-state index is -0.592. The zero-order valence-electron chi connectivity index (χ0n) is 23.9. The van der Waals surface area contributed by atoms with Crippen molar-refractivity contribution in [3.63, 3.8) is 0 Å². The molecule has 0 saturated heterocycles. The van der Waals surface area contributed by atoms with E-state index < -0.39 is 16.3 Å². The number of ether oxygens (including phenoxy) is 4. The molecule has 211 valence electrons. The fourth-order valence-corrected chi connectivity index (χ4v) is 5.92. The molecular formula is C26H51O7P2Ti. The van der Waals surface area contributed by atoms with Gasteiger partial charge in [0.1, 0.15) is 0 Å². The van der Waals surface area contributed by atoms with Crippen LogP contribution in [-0.4, -0.2) is 62.9 Å². The molecule has 10 heteroatoms. The molecule has 0 aliphatic carbocycles. The Morgan fingerprint density at radius 2 is 1.03 bits per heavy atom. The van der Waals surface area contributed by atoms with Gasteiger partial charge in [0.25, 0.3) is 0 Å². The van der Waals surface area contributed by atoms with Crippen molar-refractivity contribution in [1.82, 2.24) is 0 Å². The topological polar surface area (TPSA) is 94.5 Å². The van der Waals surface area contributed by atoms with Crippen LogP contribution in [0, 0.1) is 6.07 Å². The predicted octanol–water partition coefficient (Wildman–Crippen LogP) is 7.35. The van der Waals surface area contributed by atoms with E-state index in [0.717, 1.165) is 45.1 Å². The number of hydrogen-bond acceptors (Lipinski definition) is 7. The Kier molecular flexibility index (Phi) is 34.6. The molecule has 0 aliphatic heterocycles. The van der Waals surface area contributed by atoms with Crippen LogP contribution in [0.1, 0.15) is 79.1 Å². The van der Waals surface area contributed by atoms with Gasteiger partial charge in [0.05, 0.1) is 51.4 Å². The van der Waals surface area contributed by atoms with Crippen molar-refractivity contribution in [2.24, 2.45) is 0 Å². The van der Waals surface area contributed by atoms with Crippen LogP contribution < -0.4 is 18.9 Å². The molecule has 0 saturated carbocycles. The van der Waals surface area contributed by atoms with E-state index in [1.165, 1.54) is 58.5 Å². The summed E-state index contributed by atoms with van der Waals surface area (Å²) in [5.41, 5.74) is 0. The number of benzene rings is 1. The van der Waals surface area contributed by atoms with Crippen molar-refractivity contribution >= 4 is 16.3 Å². The summed E-state index contributed by atoms with van der Waals surface area (Å²) in [5.74, 6) is 2.04. The van der Waals surface area contributed by atoms with E-state index in [2.05, 4.69) is 33.8 Å². The number of hydrogen-bond donors (Lipinski definition) is 2. The molecule has 0 atom stereocenters. The van der Waals surface area contributed by atoms with E-state index in [-0.39, 0.29) is 0 Å². The summed E-state index contributed by atoms with van der Waals surface area (Å²) in [5, 5.41) is 0. The molecular weight excluding hydrogens is 534 g/mol. The van der Waals surface area contributed by atoms with Gasteiger partial charge in [-0.25, -0.2) is 0 Å². The number of unbranched alkanes of at least 4 members (excludes halogenated alkanes) is 4. The second kappa shape index (κ2) is 30.9. The molecule has 2 N–H and O–H groups in total. The second-order valence-corrected chi connectivity index (χ2v) is 11.6. The van der Waals surface area contributed by atoms with Gasteiger partial charge in [-0.3, -0.25) is 0 Å². The van der Waals surface area contributed by atoms with Crippen LogP contribution in [0.3, 0.4) is 0 Å². The van der Waals surface area contributed by atoms with Crippen molar-refractivity contribution in [3.05, 3.63) is 12.1 Å². The summed E-state index contributed by atoms with van der Waals surface area (Å²) in [6, 6.07) is 4.52. The van der Waals surface area contributed by atoms with Gasteiger partial charge in [-0.15, -0.1) is 12.1 Å². The molecule has 0 heterocycles. The fraction of sp³-hybridized carbons (Fsp3) is 0.769. The summed E-state index contributed by atoms with van der Waals surface area (Å²) in [4.78, 5) is 18.8. The van der Waals surface area contributed by atoms with Gasteiger partial charge in [0.15, 0.2) is 0 Å². The van der Waals surface area contributed by atoms with Crippen molar-refractivity contribution in [3.8, 4) is 23.0 Å². The van der Waals surface area contributed by atoms with Crippen LogP contribution in [0.4, 0.5) is 0 Å². The monoisotopic (exact) mass is 585 g/mol. The van der Waals surface area contributed by atoms with E-state index in [1.54, 1.807) is 27.4 Å². The van der Waals surface area contributed by atoms with Gasteiger partial charge < -0.3 is 28.7 Å². The Morgan fingerprint density at radius 1 is 0.667 bits per heavy atom. The Bertz CT molecular complexity index is 533. The number of rotatable bonds is 16. The fourth-order valence-electron chi connectivity index (χ4n) is 2.75.